The van der Waals surface area contributed by atoms with Gasteiger partial charge in [-0.15, -0.1) is 4.40 Å². The van der Waals surface area contributed by atoms with Crippen molar-refractivity contribution in [3.63, 3.8) is 0 Å². The predicted molar refractivity (Wildman–Crippen MR) is 94.7 cm³/mol. The van der Waals surface area contributed by atoms with Gasteiger partial charge in [0.05, 0.1) is 25.2 Å². The zero-order chi connectivity index (χ0) is 16.8. The summed E-state index contributed by atoms with van der Waals surface area (Å²) in [5, 5.41) is 1.01. The Morgan fingerprint density at radius 2 is 1.65 bits per heavy atom. The van der Waals surface area contributed by atoms with Gasteiger partial charge in [-0.1, -0.05) is 52.2 Å². The highest BCUT2D eigenvalue weighted by Gasteiger charge is 2.15. The number of nitrogens with zero attached hydrogens (tertiary/aromatic N) is 2. The molecule has 0 amide bonds. The molecule has 0 aliphatic carbocycles. The molecular formula is C15H12Cl2N2O2S2. The summed E-state index contributed by atoms with van der Waals surface area (Å²) in [6.07, 6.45) is 0. The van der Waals surface area contributed by atoms with E-state index in [1.54, 1.807) is 48.0 Å². The first-order valence-corrected chi connectivity index (χ1v) is 9.62. The van der Waals surface area contributed by atoms with Crippen molar-refractivity contribution in [2.75, 3.05) is 0 Å². The fourth-order valence-electron chi connectivity index (χ4n) is 2.13. The summed E-state index contributed by atoms with van der Waals surface area (Å²) < 4.78 is 31.2. The maximum Gasteiger partial charge on any atom is 0.285 e. The van der Waals surface area contributed by atoms with E-state index in [1.807, 2.05) is 6.92 Å². The summed E-state index contributed by atoms with van der Waals surface area (Å²) in [6.45, 7) is 1.89. The summed E-state index contributed by atoms with van der Waals surface area (Å²) in [7, 11) is -2.08. The van der Waals surface area contributed by atoms with Gasteiger partial charge in [0.25, 0.3) is 10.0 Å². The molecule has 0 radical (unpaired) electrons. The van der Waals surface area contributed by atoms with E-state index in [1.165, 1.54) is 11.3 Å². The monoisotopic (exact) mass is 386 g/mol. The molecule has 0 unspecified atom stereocenters. The summed E-state index contributed by atoms with van der Waals surface area (Å²) in [4.78, 5) is 0.466. The van der Waals surface area contributed by atoms with Gasteiger partial charge in [-0.25, -0.2) is 0 Å². The molecule has 8 heteroatoms. The Kier molecular flexibility index (Phi) is 4.27. The Hall–Kier alpha value is -1.34. The van der Waals surface area contributed by atoms with Crippen LogP contribution in [0.15, 0.2) is 45.7 Å². The molecule has 4 nitrogen and oxygen atoms in total. The zero-order valence-corrected chi connectivity index (χ0v) is 15.4. The first-order chi connectivity index (χ1) is 10.8. The normalized spacial score (nSPS) is 13.0. The molecule has 0 atom stereocenters. The second kappa shape index (κ2) is 5.94. The first-order valence-electron chi connectivity index (χ1n) is 6.61. The van der Waals surface area contributed by atoms with Crippen LogP contribution in [0, 0.1) is 6.92 Å². The Morgan fingerprint density at radius 1 is 1.04 bits per heavy atom. The lowest BCUT2D eigenvalue weighted by Gasteiger charge is -2.00. The molecule has 0 saturated carbocycles. The lowest BCUT2D eigenvalue weighted by atomic mass is 10.2. The van der Waals surface area contributed by atoms with Crippen molar-refractivity contribution in [3.05, 3.63) is 56.8 Å². The minimum atomic E-state index is -3.80. The lowest BCUT2D eigenvalue weighted by molar-refractivity contribution is 0.596. The Balaban J connectivity index is 2.26. The lowest BCUT2D eigenvalue weighted by Crippen LogP contribution is -2.13. The van der Waals surface area contributed by atoms with Crippen LogP contribution >= 0.6 is 34.5 Å². The molecule has 0 N–H and O–H groups in total. The molecule has 2 aromatic carbocycles. The van der Waals surface area contributed by atoms with Crippen LogP contribution in [-0.2, 0) is 17.1 Å². The van der Waals surface area contributed by atoms with Crippen LogP contribution in [0.3, 0.4) is 0 Å². The highest BCUT2D eigenvalue weighted by Crippen LogP contribution is 2.31. The molecule has 3 aromatic rings. The molecule has 0 saturated heterocycles. The molecule has 0 bridgehead atoms. The van der Waals surface area contributed by atoms with Crippen molar-refractivity contribution < 1.29 is 8.42 Å². The SMILES string of the molecule is Cc1ccc(S(=O)(=O)N=c2sc3c(Cl)ccc(Cl)c3n2C)cc1. The number of sulfonamides is 1. The highest BCUT2D eigenvalue weighted by atomic mass is 35.5. The van der Waals surface area contributed by atoms with Crippen molar-refractivity contribution in [2.24, 2.45) is 11.4 Å². The van der Waals surface area contributed by atoms with Crippen molar-refractivity contribution in [1.29, 1.82) is 0 Å². The van der Waals surface area contributed by atoms with Gasteiger partial charge in [0.1, 0.15) is 0 Å². The average molecular weight is 387 g/mol. The maximum absolute atomic E-state index is 12.5. The van der Waals surface area contributed by atoms with E-state index in [9.17, 15) is 8.42 Å². The van der Waals surface area contributed by atoms with Crippen LogP contribution in [0.5, 0.6) is 0 Å². The number of aromatic nitrogens is 1. The molecule has 1 heterocycles. The van der Waals surface area contributed by atoms with Crippen LogP contribution in [0.2, 0.25) is 10.0 Å². The van der Waals surface area contributed by atoms with Gasteiger partial charge in [-0.2, -0.15) is 8.42 Å². The molecule has 0 aliphatic rings. The summed E-state index contributed by atoms with van der Waals surface area (Å²) >= 11 is 13.5. The largest absolute Gasteiger partial charge is 0.318 e. The van der Waals surface area contributed by atoms with Gasteiger partial charge in [-0.3, -0.25) is 0 Å². The number of rotatable bonds is 2. The van der Waals surface area contributed by atoms with Crippen molar-refractivity contribution in [3.8, 4) is 0 Å². The average Bonchev–Trinajstić information content (AvgIpc) is 2.81. The Morgan fingerprint density at radius 3 is 2.26 bits per heavy atom. The van der Waals surface area contributed by atoms with E-state index in [-0.39, 0.29) is 4.90 Å². The standard InChI is InChI=1S/C15H12Cl2N2O2S2/c1-9-3-5-10(6-4-9)23(20,21)18-15-19(2)13-11(16)7-8-12(17)14(13)22-15/h3-8H,1-2H3. The van der Waals surface area contributed by atoms with Crippen LogP contribution in [0.25, 0.3) is 10.2 Å². The first kappa shape index (κ1) is 16.5. The Labute approximate surface area is 147 Å². The third-order valence-electron chi connectivity index (χ3n) is 3.37. The number of hydrogen-bond acceptors (Lipinski definition) is 3. The molecular weight excluding hydrogens is 375 g/mol. The Bertz CT molecular complexity index is 1070. The number of fused-ring (bicyclic) bond motifs is 1. The van der Waals surface area contributed by atoms with Crippen LogP contribution in [-0.4, -0.2) is 13.0 Å². The third-order valence-corrected chi connectivity index (χ3v) is 6.66. The van der Waals surface area contributed by atoms with Crippen molar-refractivity contribution in [2.45, 2.75) is 11.8 Å². The number of halogens is 2. The number of thiazole rings is 1. The van der Waals surface area contributed by atoms with Gasteiger partial charge in [0.15, 0.2) is 0 Å². The fraction of sp³-hybridized carbons (Fsp3) is 0.133. The highest BCUT2D eigenvalue weighted by molar-refractivity contribution is 7.90. The maximum atomic E-state index is 12.5. The fourth-order valence-corrected chi connectivity index (χ4v) is 5.02. The molecule has 0 aliphatic heterocycles. The van der Waals surface area contributed by atoms with Crippen LogP contribution in [0.4, 0.5) is 0 Å². The van der Waals surface area contributed by atoms with E-state index < -0.39 is 10.0 Å². The van der Waals surface area contributed by atoms with Gasteiger partial charge in [0.2, 0.25) is 4.80 Å². The van der Waals surface area contributed by atoms with E-state index in [2.05, 4.69) is 4.40 Å². The van der Waals surface area contributed by atoms with E-state index >= 15 is 0 Å². The van der Waals surface area contributed by atoms with Crippen LogP contribution < -0.4 is 4.80 Å². The summed E-state index contributed by atoms with van der Waals surface area (Å²) in [5.41, 5.74) is 1.65. The third kappa shape index (κ3) is 3.04. The molecule has 3 rings (SSSR count). The minimum Gasteiger partial charge on any atom is -0.318 e. The van der Waals surface area contributed by atoms with E-state index in [0.29, 0.717) is 25.1 Å². The van der Waals surface area contributed by atoms with E-state index in [4.69, 9.17) is 23.2 Å². The predicted octanol–water partition coefficient (Wildman–Crippen LogP) is 4.14. The zero-order valence-electron chi connectivity index (χ0n) is 12.2. The molecule has 1 aromatic heterocycles. The molecule has 0 fully saturated rings. The quantitative estimate of drug-likeness (QED) is 0.664. The van der Waals surface area contributed by atoms with Crippen molar-refractivity contribution >= 4 is 54.8 Å². The molecule has 23 heavy (non-hydrogen) atoms. The van der Waals surface area contributed by atoms with Gasteiger partial charge in [-0.05, 0) is 31.2 Å². The molecule has 120 valence electrons. The van der Waals surface area contributed by atoms with Gasteiger partial charge >= 0.3 is 0 Å². The number of hydrogen-bond donors (Lipinski definition) is 0. The van der Waals surface area contributed by atoms with E-state index in [0.717, 1.165) is 5.56 Å². The van der Waals surface area contributed by atoms with Gasteiger partial charge < -0.3 is 4.57 Å². The minimum absolute atomic E-state index is 0.151. The second-order valence-corrected chi connectivity index (χ2v) is 8.43. The summed E-state index contributed by atoms with van der Waals surface area (Å²) in [5.74, 6) is 0. The summed E-state index contributed by atoms with van der Waals surface area (Å²) in [6, 6.07) is 9.92. The van der Waals surface area contributed by atoms with Gasteiger partial charge in [0, 0.05) is 7.05 Å². The topological polar surface area (TPSA) is 51.4 Å². The molecule has 0 spiro atoms. The number of aryl methyl sites for hydroxylation is 2. The smallest absolute Gasteiger partial charge is 0.285 e. The van der Waals surface area contributed by atoms with Crippen LogP contribution in [0.1, 0.15) is 5.56 Å². The number of benzene rings is 2. The second-order valence-electron chi connectivity index (χ2n) is 5.03. The van der Waals surface area contributed by atoms with Crippen molar-refractivity contribution in [1.82, 2.24) is 4.57 Å².